The van der Waals surface area contributed by atoms with E-state index in [1.807, 2.05) is 4.90 Å². The zero-order valence-electron chi connectivity index (χ0n) is 22.6. The lowest BCUT2D eigenvalue weighted by atomic mass is 9.85. The van der Waals surface area contributed by atoms with E-state index in [-0.39, 0.29) is 49.4 Å². The smallest absolute Gasteiger partial charge is 0.333 e. The van der Waals surface area contributed by atoms with Crippen molar-refractivity contribution in [3.8, 4) is 0 Å². The predicted octanol–water partition coefficient (Wildman–Crippen LogP) is 4.10. The van der Waals surface area contributed by atoms with Crippen LogP contribution in [0.2, 0.25) is 5.02 Å². The highest BCUT2D eigenvalue weighted by molar-refractivity contribution is 7.90. The first-order chi connectivity index (χ1) is 20.5. The molecule has 2 atom stereocenters. The van der Waals surface area contributed by atoms with E-state index in [0.29, 0.717) is 32.4 Å². The van der Waals surface area contributed by atoms with Gasteiger partial charge in [0.25, 0.3) is 0 Å². The molecule has 2 aliphatic heterocycles. The van der Waals surface area contributed by atoms with Gasteiger partial charge in [0.2, 0.25) is 10.0 Å². The second-order valence-electron chi connectivity index (χ2n) is 10.9. The van der Waals surface area contributed by atoms with E-state index in [0.717, 1.165) is 12.3 Å². The summed E-state index contributed by atoms with van der Waals surface area (Å²) in [5, 5.41) is 25.6. The molecule has 3 N–H and O–H groups in total. The number of aromatic nitrogens is 3. The Morgan fingerprint density at radius 2 is 2.00 bits per heavy atom. The largest absolute Gasteiger partial charge is 0.393 e. The molecule has 1 saturated heterocycles. The van der Waals surface area contributed by atoms with Gasteiger partial charge in [0.05, 0.1) is 23.2 Å². The lowest BCUT2D eigenvalue weighted by Gasteiger charge is -2.34. The maximum absolute atomic E-state index is 14.0. The number of hydrogen-bond donors (Lipinski definition) is 3. The summed E-state index contributed by atoms with van der Waals surface area (Å²) in [5.74, 6) is -0.109. The maximum atomic E-state index is 14.0. The van der Waals surface area contributed by atoms with Crippen LogP contribution < -0.4 is 4.72 Å². The van der Waals surface area contributed by atoms with E-state index in [2.05, 4.69) is 14.8 Å². The van der Waals surface area contributed by atoms with Crippen LogP contribution in [0.25, 0.3) is 5.57 Å². The molecule has 0 radical (unpaired) electrons. The number of aliphatic hydroxyl groups excluding tert-OH is 1. The quantitative estimate of drug-likeness (QED) is 0.333. The summed E-state index contributed by atoms with van der Waals surface area (Å²) in [6.45, 7) is -3.13. The third-order valence-corrected chi connectivity index (χ3v) is 11.3. The Balaban J connectivity index is 1.41. The van der Waals surface area contributed by atoms with Gasteiger partial charge in [0.1, 0.15) is 11.9 Å². The molecule has 6 rings (SSSR count). The van der Waals surface area contributed by atoms with Crippen LogP contribution in [-0.4, -0.2) is 74.2 Å². The van der Waals surface area contributed by atoms with Crippen LogP contribution in [-0.2, 0) is 10.0 Å². The number of hydrogen-bond acceptors (Lipinski definition) is 9. The highest BCUT2D eigenvalue weighted by Gasteiger charge is 2.44. The molecule has 4 heterocycles. The fourth-order valence-corrected chi connectivity index (χ4v) is 8.54. The van der Waals surface area contributed by atoms with Crippen molar-refractivity contribution in [1.29, 1.82) is 0 Å². The number of aliphatic imine (C=N–C) groups is 1. The lowest BCUT2D eigenvalue weighted by molar-refractivity contribution is -0.0413. The van der Waals surface area contributed by atoms with Crippen molar-refractivity contribution in [3.05, 3.63) is 74.8 Å². The molecule has 1 aliphatic carbocycles. The summed E-state index contributed by atoms with van der Waals surface area (Å²) in [6.07, 6.45) is 3.65. The number of alkyl halides is 2. The fraction of sp³-hybridized carbons (Fsp3) is 0.444. The number of amidine groups is 1. The first-order valence-corrected chi connectivity index (χ1v) is 16.4. The van der Waals surface area contributed by atoms with Crippen LogP contribution in [0.5, 0.6) is 0 Å². The Morgan fingerprint density at radius 1 is 1.23 bits per heavy atom. The molecule has 0 bridgehead atoms. The highest BCUT2D eigenvalue weighted by Crippen LogP contribution is 2.46. The van der Waals surface area contributed by atoms with Crippen molar-refractivity contribution in [2.45, 2.75) is 61.6 Å². The van der Waals surface area contributed by atoms with Crippen LogP contribution in [0.15, 0.2) is 52.7 Å². The van der Waals surface area contributed by atoms with Gasteiger partial charge in [-0.1, -0.05) is 17.7 Å². The molecule has 3 aliphatic rings. The normalized spacial score (nSPS) is 26.3. The molecule has 3 aromatic rings. The van der Waals surface area contributed by atoms with Gasteiger partial charge in [-0.2, -0.15) is 13.9 Å². The Labute approximate surface area is 254 Å². The second-order valence-corrected chi connectivity index (χ2v) is 14.2. The summed E-state index contributed by atoms with van der Waals surface area (Å²) in [4.78, 5) is 11.2. The molecule has 10 nitrogen and oxygen atoms in total. The SMILES string of the molecule is O=S(=O)(N[C@H]1CC2=C(c3ccn(C(F)F)n3)[C@H](c3ccc(F)cc3Cl)N=C(c3nccs3)N2C1)C1CCC(O)(CO)CC1. The molecule has 2 aromatic heterocycles. The molecular weight excluding hydrogens is 629 g/mol. The van der Waals surface area contributed by atoms with E-state index in [9.17, 15) is 31.8 Å². The van der Waals surface area contributed by atoms with Gasteiger partial charge in [0, 0.05) is 58.6 Å². The van der Waals surface area contributed by atoms with Crippen molar-refractivity contribution >= 4 is 44.4 Å². The van der Waals surface area contributed by atoms with E-state index >= 15 is 0 Å². The van der Waals surface area contributed by atoms with Crippen molar-refractivity contribution in [2.75, 3.05) is 13.2 Å². The third-order valence-electron chi connectivity index (χ3n) is 8.15. The van der Waals surface area contributed by atoms with Crippen molar-refractivity contribution in [2.24, 2.45) is 4.99 Å². The molecule has 0 unspecified atom stereocenters. The van der Waals surface area contributed by atoms with Crippen LogP contribution in [0.4, 0.5) is 13.2 Å². The number of benzene rings is 1. The highest BCUT2D eigenvalue weighted by atomic mass is 35.5. The zero-order chi connectivity index (χ0) is 30.5. The lowest BCUT2D eigenvalue weighted by Crippen LogP contribution is -2.47. The molecule has 43 heavy (non-hydrogen) atoms. The van der Waals surface area contributed by atoms with E-state index in [1.54, 1.807) is 11.6 Å². The Morgan fingerprint density at radius 3 is 2.63 bits per heavy atom. The van der Waals surface area contributed by atoms with Crippen LogP contribution in [0, 0.1) is 5.82 Å². The maximum Gasteiger partial charge on any atom is 0.333 e. The van der Waals surface area contributed by atoms with Crippen molar-refractivity contribution in [3.63, 3.8) is 0 Å². The number of aliphatic hydroxyl groups is 2. The molecule has 0 spiro atoms. The molecule has 230 valence electrons. The monoisotopic (exact) mass is 656 g/mol. The molecule has 1 aromatic carbocycles. The molecule has 16 heteroatoms. The van der Waals surface area contributed by atoms with E-state index in [4.69, 9.17) is 16.6 Å². The molecular formula is C27H28ClF3N6O4S2. The van der Waals surface area contributed by atoms with Gasteiger partial charge < -0.3 is 15.1 Å². The van der Waals surface area contributed by atoms with Gasteiger partial charge >= 0.3 is 6.55 Å². The minimum atomic E-state index is -3.83. The van der Waals surface area contributed by atoms with Gasteiger partial charge in [-0.25, -0.2) is 27.2 Å². The summed E-state index contributed by atoms with van der Waals surface area (Å²) in [6, 6.07) is 3.82. The number of nitrogens with one attached hydrogen (secondary N) is 1. The number of halogens is 4. The number of nitrogens with zero attached hydrogens (tertiary/aromatic N) is 5. The van der Waals surface area contributed by atoms with Gasteiger partial charge in [-0.15, -0.1) is 11.3 Å². The topological polar surface area (TPSA) is 133 Å². The number of fused-ring (bicyclic) bond motifs is 1. The minimum Gasteiger partial charge on any atom is -0.393 e. The summed E-state index contributed by atoms with van der Waals surface area (Å²) in [7, 11) is -3.83. The molecule has 1 saturated carbocycles. The summed E-state index contributed by atoms with van der Waals surface area (Å²) in [5.41, 5.74) is 0.397. The fourth-order valence-electron chi connectivity index (χ4n) is 5.96. The number of thiazole rings is 1. The summed E-state index contributed by atoms with van der Waals surface area (Å²) < 4.78 is 71.4. The predicted molar refractivity (Wildman–Crippen MR) is 155 cm³/mol. The second kappa shape index (κ2) is 11.6. The first-order valence-electron chi connectivity index (χ1n) is 13.6. The average molecular weight is 657 g/mol. The van der Waals surface area contributed by atoms with Gasteiger partial charge in [0.15, 0.2) is 10.8 Å². The molecule has 2 fully saturated rings. The average Bonchev–Trinajstić information content (AvgIpc) is 3.74. The van der Waals surface area contributed by atoms with E-state index in [1.165, 1.54) is 29.5 Å². The van der Waals surface area contributed by atoms with E-state index < -0.39 is 51.9 Å². The Hall–Kier alpha value is -2.82. The first kappa shape index (κ1) is 30.2. The Bertz CT molecular complexity index is 1670. The van der Waals surface area contributed by atoms with Crippen LogP contribution >= 0.6 is 22.9 Å². The van der Waals surface area contributed by atoms with Gasteiger partial charge in [-0.3, -0.25) is 4.99 Å². The van der Waals surface area contributed by atoms with Gasteiger partial charge in [-0.05, 0) is 43.9 Å². The van der Waals surface area contributed by atoms with Crippen molar-refractivity contribution in [1.82, 2.24) is 24.4 Å². The number of sulfonamides is 1. The zero-order valence-corrected chi connectivity index (χ0v) is 25.0. The molecule has 0 amide bonds. The third kappa shape index (κ3) is 5.85. The Kier molecular flexibility index (Phi) is 8.15. The van der Waals surface area contributed by atoms with Crippen LogP contribution in [0.1, 0.15) is 61.0 Å². The number of rotatable bonds is 8. The summed E-state index contributed by atoms with van der Waals surface area (Å²) >= 11 is 7.82. The standard InChI is InChI=1S/C27H28ClF3N6O4S2/c28-19-11-15(29)1-2-18(19)23-22(20-5-9-37(34-20)26(30)31)21-12-16(13-36(21)24(33-23)25-32-8-10-42-25)35-43(40,41)17-3-6-27(39,14-38)7-4-17/h1-2,5,8-11,16-17,23,26,35,38-39H,3-4,6-7,12-14H2/t16-,17?,23-,27?/m0/s1. The van der Waals surface area contributed by atoms with Crippen molar-refractivity contribution < 1.29 is 31.8 Å². The minimum absolute atomic E-state index is 0.0856. The van der Waals surface area contributed by atoms with Crippen LogP contribution in [0.3, 0.4) is 0 Å².